The second-order valence-corrected chi connectivity index (χ2v) is 8.25. The minimum absolute atomic E-state index is 0. The van der Waals surface area contributed by atoms with Crippen LogP contribution in [0.15, 0.2) is 4.99 Å². The average Bonchev–Trinajstić information content (AvgIpc) is 3.25. The fourth-order valence-corrected chi connectivity index (χ4v) is 4.51. The Labute approximate surface area is 196 Å². The lowest BCUT2D eigenvalue weighted by atomic mass is 9.97. The van der Waals surface area contributed by atoms with Crippen LogP contribution < -0.4 is 10.6 Å². The van der Waals surface area contributed by atoms with Crippen molar-refractivity contribution in [2.75, 3.05) is 59.6 Å². The number of hydrogen-bond donors (Lipinski definition) is 2. The first-order valence-electron chi connectivity index (χ1n) is 11.6. The van der Waals surface area contributed by atoms with Gasteiger partial charge in [0.2, 0.25) is 0 Å². The van der Waals surface area contributed by atoms with E-state index >= 15 is 0 Å². The number of halogens is 1. The van der Waals surface area contributed by atoms with Gasteiger partial charge >= 0.3 is 0 Å². The van der Waals surface area contributed by atoms with Gasteiger partial charge in [0.25, 0.3) is 0 Å². The molecule has 2 fully saturated rings. The summed E-state index contributed by atoms with van der Waals surface area (Å²) in [6.07, 6.45) is 9.36. The molecule has 1 atom stereocenters. The fourth-order valence-electron chi connectivity index (χ4n) is 4.51. The lowest BCUT2D eigenvalue weighted by molar-refractivity contribution is 0.0169. The number of rotatable bonds is 12. The van der Waals surface area contributed by atoms with Gasteiger partial charge in [0, 0.05) is 39.9 Å². The van der Waals surface area contributed by atoms with E-state index in [1.54, 1.807) is 7.11 Å². The quantitative estimate of drug-likeness (QED) is 0.233. The third-order valence-corrected chi connectivity index (χ3v) is 6.20. The molecule has 1 heterocycles. The molecule has 29 heavy (non-hydrogen) atoms. The molecule has 0 aromatic rings. The molecule has 1 saturated carbocycles. The summed E-state index contributed by atoms with van der Waals surface area (Å²) in [5.41, 5.74) is 0. The average molecular weight is 525 g/mol. The normalized spacial score (nSPS) is 20.4. The molecule has 0 aromatic heterocycles. The van der Waals surface area contributed by atoms with E-state index in [2.05, 4.69) is 29.4 Å². The highest BCUT2D eigenvalue weighted by Gasteiger charge is 2.25. The lowest BCUT2D eigenvalue weighted by Gasteiger charge is -2.31. The van der Waals surface area contributed by atoms with Crippen LogP contribution in [0, 0.1) is 11.8 Å². The summed E-state index contributed by atoms with van der Waals surface area (Å²) in [6, 6.07) is 0. The first kappa shape index (κ1) is 26.9. The molecule has 7 heteroatoms. The molecule has 0 spiro atoms. The predicted octanol–water partition coefficient (Wildman–Crippen LogP) is 3.50. The molecule has 1 unspecified atom stereocenters. The smallest absolute Gasteiger partial charge is 0.191 e. The molecule has 1 saturated heterocycles. The van der Waals surface area contributed by atoms with Crippen LogP contribution >= 0.6 is 24.0 Å². The highest BCUT2D eigenvalue weighted by molar-refractivity contribution is 14.0. The van der Waals surface area contributed by atoms with Crippen LogP contribution in [0.2, 0.25) is 0 Å². The van der Waals surface area contributed by atoms with Gasteiger partial charge in [0.1, 0.15) is 0 Å². The van der Waals surface area contributed by atoms with Gasteiger partial charge in [-0.15, -0.1) is 24.0 Å². The van der Waals surface area contributed by atoms with E-state index in [1.807, 2.05) is 0 Å². The van der Waals surface area contributed by atoms with E-state index < -0.39 is 0 Å². The van der Waals surface area contributed by atoms with Gasteiger partial charge in [0.05, 0.1) is 12.7 Å². The van der Waals surface area contributed by atoms with Crippen molar-refractivity contribution >= 4 is 29.9 Å². The number of methoxy groups -OCH3 is 1. The van der Waals surface area contributed by atoms with Crippen LogP contribution in [0.25, 0.3) is 0 Å². The van der Waals surface area contributed by atoms with Gasteiger partial charge in [0.15, 0.2) is 5.96 Å². The molecule has 172 valence electrons. The summed E-state index contributed by atoms with van der Waals surface area (Å²) in [7, 11) is 1.78. The van der Waals surface area contributed by atoms with Crippen LogP contribution in [-0.4, -0.2) is 76.6 Å². The Morgan fingerprint density at radius 2 is 1.83 bits per heavy atom. The summed E-state index contributed by atoms with van der Waals surface area (Å²) in [5, 5.41) is 6.95. The minimum Gasteiger partial charge on any atom is -0.383 e. The second kappa shape index (κ2) is 16.6. The van der Waals surface area contributed by atoms with Gasteiger partial charge in [-0.2, -0.15) is 0 Å². The molecule has 1 aliphatic heterocycles. The topological polar surface area (TPSA) is 58.1 Å². The molecule has 2 rings (SSSR count). The largest absolute Gasteiger partial charge is 0.383 e. The summed E-state index contributed by atoms with van der Waals surface area (Å²) in [4.78, 5) is 7.38. The van der Waals surface area contributed by atoms with E-state index in [0.29, 0.717) is 12.0 Å². The number of aliphatic imine (C=N–C) groups is 1. The van der Waals surface area contributed by atoms with Crippen molar-refractivity contribution in [1.29, 1.82) is 0 Å². The van der Waals surface area contributed by atoms with Crippen LogP contribution in [0.3, 0.4) is 0 Å². The van der Waals surface area contributed by atoms with Crippen molar-refractivity contribution in [2.24, 2.45) is 16.8 Å². The van der Waals surface area contributed by atoms with Crippen molar-refractivity contribution in [1.82, 2.24) is 15.5 Å². The maximum atomic E-state index is 6.05. The number of guanidine groups is 1. The molecule has 0 amide bonds. The third-order valence-electron chi connectivity index (χ3n) is 6.20. The molecule has 0 bridgehead atoms. The maximum absolute atomic E-state index is 6.05. The molecule has 6 nitrogen and oxygen atoms in total. The standard InChI is InChI=1S/C22H44N4O2.HI/c1-4-23-22(24-13-10-21(28-5-2)20-8-6-7-9-20)25-18-19-11-14-26(15-12-19)16-17-27-3;/h19-21H,4-18H2,1-3H3,(H2,23,24,25);1H. The summed E-state index contributed by atoms with van der Waals surface area (Å²) >= 11 is 0. The lowest BCUT2D eigenvalue weighted by Crippen LogP contribution is -2.40. The van der Waals surface area contributed by atoms with Crippen LogP contribution in [0.4, 0.5) is 0 Å². The minimum atomic E-state index is 0. The molecule has 0 radical (unpaired) electrons. The van der Waals surface area contributed by atoms with Crippen molar-refractivity contribution in [3.63, 3.8) is 0 Å². The van der Waals surface area contributed by atoms with Gasteiger partial charge in [-0.3, -0.25) is 4.99 Å². The molecule has 2 N–H and O–H groups in total. The fraction of sp³-hybridized carbons (Fsp3) is 0.955. The van der Waals surface area contributed by atoms with E-state index in [-0.39, 0.29) is 24.0 Å². The second-order valence-electron chi connectivity index (χ2n) is 8.25. The number of nitrogens with zero attached hydrogens (tertiary/aromatic N) is 2. The SMILES string of the molecule is CCNC(=NCC1CCN(CCOC)CC1)NCCC(OCC)C1CCCC1.I. The first-order valence-corrected chi connectivity index (χ1v) is 11.6. The predicted molar refractivity (Wildman–Crippen MR) is 132 cm³/mol. The molecule has 1 aliphatic carbocycles. The highest BCUT2D eigenvalue weighted by atomic mass is 127. The summed E-state index contributed by atoms with van der Waals surface area (Å²) < 4.78 is 11.2. The van der Waals surface area contributed by atoms with E-state index in [4.69, 9.17) is 14.5 Å². The van der Waals surface area contributed by atoms with Gasteiger partial charge in [-0.25, -0.2) is 0 Å². The number of ether oxygens (including phenoxy) is 2. The zero-order valence-corrected chi connectivity index (χ0v) is 21.3. The highest BCUT2D eigenvalue weighted by Crippen LogP contribution is 2.30. The van der Waals surface area contributed by atoms with Gasteiger partial charge in [-0.1, -0.05) is 12.8 Å². The summed E-state index contributed by atoms with van der Waals surface area (Å²) in [5.74, 6) is 2.42. The van der Waals surface area contributed by atoms with Crippen molar-refractivity contribution < 1.29 is 9.47 Å². The summed E-state index contributed by atoms with van der Waals surface area (Å²) in [6.45, 7) is 12.1. The van der Waals surface area contributed by atoms with Gasteiger partial charge in [-0.05, 0) is 70.9 Å². The Morgan fingerprint density at radius 3 is 2.45 bits per heavy atom. The maximum Gasteiger partial charge on any atom is 0.191 e. The molecular formula is C22H45IN4O2. The number of nitrogens with one attached hydrogen (secondary N) is 2. The Kier molecular flexibility index (Phi) is 15.4. The Balaban J connectivity index is 0.00000420. The number of hydrogen-bond acceptors (Lipinski definition) is 4. The molecular weight excluding hydrogens is 479 g/mol. The van der Waals surface area contributed by atoms with E-state index in [9.17, 15) is 0 Å². The number of likely N-dealkylation sites (tertiary alicyclic amines) is 1. The Morgan fingerprint density at radius 1 is 1.10 bits per heavy atom. The Hall–Kier alpha value is -0.120. The number of piperidine rings is 1. The first-order chi connectivity index (χ1) is 13.8. The van der Waals surface area contributed by atoms with Crippen molar-refractivity contribution in [3.8, 4) is 0 Å². The molecule has 0 aromatic carbocycles. The monoisotopic (exact) mass is 524 g/mol. The Bertz CT molecular complexity index is 425. The van der Waals surface area contributed by atoms with Crippen molar-refractivity contribution in [3.05, 3.63) is 0 Å². The zero-order valence-electron chi connectivity index (χ0n) is 19.0. The van der Waals surface area contributed by atoms with Gasteiger partial charge < -0.3 is 25.0 Å². The third kappa shape index (κ3) is 10.6. The van der Waals surface area contributed by atoms with Crippen LogP contribution in [0.1, 0.15) is 58.8 Å². The van der Waals surface area contributed by atoms with E-state index in [1.165, 1.54) is 51.6 Å². The van der Waals surface area contributed by atoms with Crippen LogP contribution in [-0.2, 0) is 9.47 Å². The van der Waals surface area contributed by atoms with Crippen molar-refractivity contribution in [2.45, 2.75) is 64.9 Å². The zero-order chi connectivity index (χ0) is 20.0. The van der Waals surface area contributed by atoms with E-state index in [0.717, 1.165) is 57.7 Å². The molecule has 2 aliphatic rings. The van der Waals surface area contributed by atoms with Crippen LogP contribution in [0.5, 0.6) is 0 Å².